The number of methoxy groups -OCH3 is 2. The van der Waals surface area contributed by atoms with Crippen molar-refractivity contribution >= 4 is 23.5 Å². The fourth-order valence-electron chi connectivity index (χ4n) is 1.97. The molecule has 1 fully saturated rings. The van der Waals surface area contributed by atoms with Gasteiger partial charge in [0.2, 0.25) is 11.8 Å². The predicted octanol–water partition coefficient (Wildman–Crippen LogP) is 1.31. The lowest BCUT2D eigenvalue weighted by molar-refractivity contribution is -0.140. The van der Waals surface area contributed by atoms with Gasteiger partial charge in [0.1, 0.15) is 16.9 Å². The highest BCUT2D eigenvalue weighted by molar-refractivity contribution is 6.30. The van der Waals surface area contributed by atoms with Crippen LogP contribution in [0.4, 0.5) is 10.5 Å². The number of nitrogens with zero attached hydrogens (tertiary/aromatic N) is 1. The Kier molecular flexibility index (Phi) is 3.59. The van der Waals surface area contributed by atoms with Gasteiger partial charge in [0.25, 0.3) is 0 Å². The predicted molar refractivity (Wildman–Crippen MR) is 74.4 cm³/mol. The Balaban J connectivity index is 2.56. The maximum Gasteiger partial charge on any atom is 0.335 e. The smallest absolute Gasteiger partial charge is 0.335 e. The third-order valence-electron chi connectivity index (χ3n) is 3.36. The van der Waals surface area contributed by atoms with Crippen molar-refractivity contribution in [1.82, 2.24) is 5.32 Å². The quantitative estimate of drug-likeness (QED) is 0.849. The van der Waals surface area contributed by atoms with Crippen molar-refractivity contribution in [2.75, 3.05) is 19.1 Å². The van der Waals surface area contributed by atoms with Gasteiger partial charge in [0.05, 0.1) is 19.9 Å². The first-order valence-corrected chi connectivity index (χ1v) is 6.25. The Bertz CT molecular complexity index is 624. The van der Waals surface area contributed by atoms with Gasteiger partial charge in [0.15, 0.2) is 0 Å². The molecule has 1 aliphatic rings. The number of hydrogen-bond donors (Lipinski definition) is 1. The average Bonchev–Trinajstić information content (AvgIpc) is 2.45. The highest BCUT2D eigenvalue weighted by Gasteiger charge is 2.48. The molecular weight excluding hydrogens is 276 g/mol. The van der Waals surface area contributed by atoms with Crippen molar-refractivity contribution in [1.29, 1.82) is 0 Å². The highest BCUT2D eigenvalue weighted by Crippen LogP contribution is 2.36. The zero-order valence-electron chi connectivity index (χ0n) is 12.2. The number of carbonyl (C=O) groups is 3. The molecule has 1 aliphatic heterocycles. The SMILES string of the molecule is COc1ccc(OC)c(N2C(=O)NC(=O)C(C)(C)C2=O)c1. The Morgan fingerprint density at radius 3 is 2.33 bits per heavy atom. The molecule has 0 spiro atoms. The topological polar surface area (TPSA) is 84.9 Å². The van der Waals surface area contributed by atoms with E-state index in [-0.39, 0.29) is 5.69 Å². The minimum Gasteiger partial charge on any atom is -0.497 e. The Morgan fingerprint density at radius 2 is 1.76 bits per heavy atom. The zero-order valence-corrected chi connectivity index (χ0v) is 12.2. The second-order valence-electron chi connectivity index (χ2n) is 5.06. The Hall–Kier alpha value is -2.57. The molecule has 0 aliphatic carbocycles. The summed E-state index contributed by atoms with van der Waals surface area (Å²) in [6, 6.07) is 3.92. The van der Waals surface area contributed by atoms with Gasteiger partial charge in [-0.2, -0.15) is 0 Å². The Labute approximate surface area is 121 Å². The summed E-state index contributed by atoms with van der Waals surface area (Å²) < 4.78 is 10.3. The van der Waals surface area contributed by atoms with Crippen LogP contribution in [-0.2, 0) is 9.59 Å². The summed E-state index contributed by atoms with van der Waals surface area (Å²) in [5.41, 5.74) is -1.12. The molecule has 0 radical (unpaired) electrons. The summed E-state index contributed by atoms with van der Waals surface area (Å²) in [6.07, 6.45) is 0. The standard InChI is InChI=1S/C14H16N2O5/c1-14(2)11(17)15-13(19)16(12(14)18)9-7-8(20-3)5-6-10(9)21-4/h5-7H,1-4H3,(H,15,17,19). The normalized spacial score (nSPS) is 17.5. The van der Waals surface area contributed by atoms with Gasteiger partial charge in [-0.15, -0.1) is 0 Å². The van der Waals surface area contributed by atoms with E-state index in [1.807, 2.05) is 0 Å². The molecule has 1 saturated heterocycles. The minimum absolute atomic E-state index is 0.222. The first kappa shape index (κ1) is 14.8. The van der Waals surface area contributed by atoms with Crippen molar-refractivity contribution in [3.63, 3.8) is 0 Å². The maximum atomic E-state index is 12.5. The van der Waals surface area contributed by atoms with Crippen molar-refractivity contribution in [2.45, 2.75) is 13.8 Å². The third-order valence-corrected chi connectivity index (χ3v) is 3.36. The van der Waals surface area contributed by atoms with Gasteiger partial charge < -0.3 is 9.47 Å². The van der Waals surface area contributed by atoms with E-state index in [1.54, 1.807) is 12.1 Å². The average molecular weight is 292 g/mol. The number of rotatable bonds is 3. The van der Waals surface area contributed by atoms with Gasteiger partial charge in [-0.25, -0.2) is 9.69 Å². The molecule has 1 heterocycles. The molecule has 1 aromatic rings. The lowest BCUT2D eigenvalue weighted by atomic mass is 9.88. The largest absolute Gasteiger partial charge is 0.497 e. The van der Waals surface area contributed by atoms with Crippen LogP contribution in [0.1, 0.15) is 13.8 Å². The lowest BCUT2D eigenvalue weighted by Crippen LogP contribution is -2.62. The molecule has 0 bridgehead atoms. The van der Waals surface area contributed by atoms with Crippen LogP contribution in [0.5, 0.6) is 11.5 Å². The molecule has 21 heavy (non-hydrogen) atoms. The van der Waals surface area contributed by atoms with Crippen LogP contribution in [0.25, 0.3) is 0 Å². The number of imide groups is 2. The number of barbiturate groups is 1. The molecule has 112 valence electrons. The number of ether oxygens (including phenoxy) is 2. The summed E-state index contributed by atoms with van der Waals surface area (Å²) in [5, 5.41) is 2.17. The number of hydrogen-bond acceptors (Lipinski definition) is 5. The van der Waals surface area contributed by atoms with Crippen LogP contribution in [0.3, 0.4) is 0 Å². The van der Waals surface area contributed by atoms with Crippen molar-refractivity contribution < 1.29 is 23.9 Å². The molecule has 0 saturated carbocycles. The second-order valence-corrected chi connectivity index (χ2v) is 5.06. The van der Waals surface area contributed by atoms with E-state index in [4.69, 9.17) is 9.47 Å². The number of urea groups is 1. The minimum atomic E-state index is -1.35. The van der Waals surface area contributed by atoms with Crippen LogP contribution < -0.4 is 19.7 Å². The molecule has 2 rings (SSSR count). The highest BCUT2D eigenvalue weighted by atomic mass is 16.5. The molecule has 4 amide bonds. The molecule has 1 aromatic carbocycles. The first-order valence-electron chi connectivity index (χ1n) is 6.25. The summed E-state index contributed by atoms with van der Waals surface area (Å²) in [5.74, 6) is -0.469. The monoisotopic (exact) mass is 292 g/mol. The van der Waals surface area contributed by atoms with Crippen LogP contribution >= 0.6 is 0 Å². The van der Waals surface area contributed by atoms with Gasteiger partial charge in [0, 0.05) is 6.07 Å². The number of benzene rings is 1. The molecule has 0 unspecified atom stereocenters. The zero-order chi connectivity index (χ0) is 15.8. The summed E-state index contributed by atoms with van der Waals surface area (Å²) in [4.78, 5) is 37.2. The van der Waals surface area contributed by atoms with Crippen LogP contribution in [0, 0.1) is 5.41 Å². The van der Waals surface area contributed by atoms with E-state index in [9.17, 15) is 14.4 Å². The van der Waals surface area contributed by atoms with Crippen LogP contribution in [-0.4, -0.2) is 32.1 Å². The molecule has 7 nitrogen and oxygen atoms in total. The van der Waals surface area contributed by atoms with Gasteiger partial charge in [-0.05, 0) is 26.0 Å². The fraction of sp³-hybridized carbons (Fsp3) is 0.357. The van der Waals surface area contributed by atoms with Crippen molar-refractivity contribution in [3.05, 3.63) is 18.2 Å². The summed E-state index contributed by atoms with van der Waals surface area (Å²) in [7, 11) is 2.89. The van der Waals surface area contributed by atoms with Gasteiger partial charge in [-0.1, -0.05) is 0 Å². The molecular formula is C14H16N2O5. The number of amides is 4. The molecule has 0 atom stereocenters. The number of anilines is 1. The van der Waals surface area contributed by atoms with E-state index in [0.717, 1.165) is 4.90 Å². The second kappa shape index (κ2) is 5.08. The number of nitrogens with one attached hydrogen (secondary N) is 1. The van der Waals surface area contributed by atoms with E-state index in [1.165, 1.54) is 34.1 Å². The Morgan fingerprint density at radius 1 is 1.10 bits per heavy atom. The summed E-state index contributed by atoms with van der Waals surface area (Å²) >= 11 is 0. The summed E-state index contributed by atoms with van der Waals surface area (Å²) in [6.45, 7) is 2.91. The van der Waals surface area contributed by atoms with Crippen molar-refractivity contribution in [2.24, 2.45) is 5.41 Å². The van der Waals surface area contributed by atoms with Crippen LogP contribution in [0.2, 0.25) is 0 Å². The molecule has 1 N–H and O–H groups in total. The van der Waals surface area contributed by atoms with E-state index in [2.05, 4.69) is 5.32 Å². The molecule has 7 heteroatoms. The third kappa shape index (κ3) is 2.31. The van der Waals surface area contributed by atoms with Crippen molar-refractivity contribution in [3.8, 4) is 11.5 Å². The fourth-order valence-corrected chi connectivity index (χ4v) is 1.97. The maximum absolute atomic E-state index is 12.5. The number of carbonyl (C=O) groups excluding carboxylic acids is 3. The van der Waals surface area contributed by atoms with Gasteiger partial charge in [-0.3, -0.25) is 14.9 Å². The van der Waals surface area contributed by atoms with E-state index < -0.39 is 23.3 Å². The van der Waals surface area contributed by atoms with Gasteiger partial charge >= 0.3 is 6.03 Å². The lowest BCUT2D eigenvalue weighted by Gasteiger charge is -2.35. The van der Waals surface area contributed by atoms with E-state index >= 15 is 0 Å². The first-order chi connectivity index (χ1) is 9.82. The molecule has 0 aromatic heterocycles. The van der Waals surface area contributed by atoms with Crippen LogP contribution in [0.15, 0.2) is 18.2 Å². The van der Waals surface area contributed by atoms with E-state index in [0.29, 0.717) is 11.5 Å².